The molecule has 5 saturated carbocycles. The van der Waals surface area contributed by atoms with E-state index in [0.717, 1.165) is 23.7 Å². The topological polar surface area (TPSA) is 18.5 Å². The van der Waals surface area contributed by atoms with E-state index in [4.69, 9.17) is 9.47 Å². The highest BCUT2D eigenvalue weighted by Gasteiger charge is 2.62. The van der Waals surface area contributed by atoms with Crippen molar-refractivity contribution in [2.45, 2.75) is 94.5 Å². The highest BCUT2D eigenvalue weighted by Crippen LogP contribution is 2.64. The summed E-state index contributed by atoms with van der Waals surface area (Å²) >= 11 is 0. The van der Waals surface area contributed by atoms with Gasteiger partial charge in [-0.25, -0.2) is 0 Å². The first-order chi connectivity index (χ1) is 10.7. The number of rotatable bonds is 0. The third-order valence-corrected chi connectivity index (χ3v) is 8.66. The molecule has 4 bridgehead atoms. The average molecular weight is 302 g/mol. The van der Waals surface area contributed by atoms with Gasteiger partial charge in [-0.15, -0.1) is 0 Å². The van der Waals surface area contributed by atoms with Crippen molar-refractivity contribution in [2.24, 2.45) is 29.6 Å². The Labute approximate surface area is 134 Å². The minimum Gasteiger partial charge on any atom is -0.346 e. The van der Waals surface area contributed by atoms with Crippen LogP contribution in [-0.4, -0.2) is 17.5 Å². The molecule has 7 rings (SSSR count). The Kier molecular flexibility index (Phi) is 2.59. The van der Waals surface area contributed by atoms with Gasteiger partial charge in [0.05, 0.1) is 11.2 Å². The molecule has 2 heterocycles. The van der Waals surface area contributed by atoms with Crippen LogP contribution in [-0.2, 0) is 9.47 Å². The van der Waals surface area contributed by atoms with E-state index in [-0.39, 0.29) is 17.5 Å². The highest BCUT2D eigenvalue weighted by atomic mass is 16.7. The molecule has 2 spiro atoms. The third-order valence-electron chi connectivity index (χ3n) is 8.66. The molecule has 22 heavy (non-hydrogen) atoms. The van der Waals surface area contributed by atoms with E-state index in [0.29, 0.717) is 5.92 Å². The van der Waals surface area contributed by atoms with Crippen LogP contribution in [0, 0.1) is 29.6 Å². The summed E-state index contributed by atoms with van der Waals surface area (Å²) < 4.78 is 13.6. The van der Waals surface area contributed by atoms with Crippen LogP contribution in [0.1, 0.15) is 77.0 Å². The van der Waals surface area contributed by atoms with Crippen LogP contribution in [0.25, 0.3) is 0 Å². The Balaban J connectivity index is 1.29. The van der Waals surface area contributed by atoms with E-state index in [1.54, 1.807) is 0 Å². The Hall–Kier alpha value is -0.0800. The van der Waals surface area contributed by atoms with Gasteiger partial charge in [-0.2, -0.15) is 0 Å². The molecule has 0 N–H and O–H groups in total. The molecule has 0 unspecified atom stereocenters. The molecule has 2 nitrogen and oxygen atoms in total. The van der Waals surface area contributed by atoms with Crippen LogP contribution in [0.5, 0.6) is 0 Å². The van der Waals surface area contributed by atoms with E-state index < -0.39 is 0 Å². The number of fused-ring (bicyclic) bond motifs is 1. The fourth-order valence-corrected chi connectivity index (χ4v) is 7.93. The lowest BCUT2D eigenvalue weighted by atomic mass is 9.48. The molecule has 2 atom stereocenters. The molecule has 7 fully saturated rings. The van der Waals surface area contributed by atoms with Crippen molar-refractivity contribution < 1.29 is 9.47 Å². The molecule has 122 valence electrons. The summed E-state index contributed by atoms with van der Waals surface area (Å²) in [6.45, 7) is 0. The van der Waals surface area contributed by atoms with Crippen molar-refractivity contribution in [1.82, 2.24) is 0 Å². The quantitative estimate of drug-likeness (QED) is 0.647. The first-order valence-electron chi connectivity index (χ1n) is 10.1. The summed E-state index contributed by atoms with van der Waals surface area (Å²) in [5.74, 6) is 4.53. The SMILES string of the molecule is C1CCC2(C1)C[C@H]1CCC3(O[C@H]1O2)C1CC2CC(C1)CC3C2. The molecule has 5 aliphatic carbocycles. The number of hydrogen-bond acceptors (Lipinski definition) is 2. The van der Waals surface area contributed by atoms with Gasteiger partial charge in [0, 0.05) is 5.92 Å². The van der Waals surface area contributed by atoms with Crippen molar-refractivity contribution in [3.63, 3.8) is 0 Å². The Bertz CT molecular complexity index is 450. The fourth-order valence-electron chi connectivity index (χ4n) is 7.93. The smallest absolute Gasteiger partial charge is 0.161 e. The second-order valence-electron chi connectivity index (χ2n) is 9.76. The van der Waals surface area contributed by atoms with Crippen LogP contribution in [0.15, 0.2) is 0 Å². The van der Waals surface area contributed by atoms with Gasteiger partial charge < -0.3 is 9.47 Å². The van der Waals surface area contributed by atoms with Gasteiger partial charge in [0.1, 0.15) is 0 Å². The lowest BCUT2D eigenvalue weighted by Gasteiger charge is -2.63. The van der Waals surface area contributed by atoms with Crippen LogP contribution in [0.2, 0.25) is 0 Å². The molecular formula is C20H30O2. The summed E-state index contributed by atoms with van der Waals surface area (Å²) in [6.07, 6.45) is 16.9. The molecule has 7 aliphatic rings. The molecule has 0 aromatic carbocycles. The second-order valence-corrected chi connectivity index (χ2v) is 9.76. The van der Waals surface area contributed by atoms with Gasteiger partial charge in [0.2, 0.25) is 0 Å². The molecule has 0 radical (unpaired) electrons. The summed E-state index contributed by atoms with van der Waals surface area (Å²) in [4.78, 5) is 0. The summed E-state index contributed by atoms with van der Waals surface area (Å²) in [7, 11) is 0. The minimum atomic E-state index is 0.157. The van der Waals surface area contributed by atoms with Crippen molar-refractivity contribution in [2.75, 3.05) is 0 Å². The molecule has 2 heteroatoms. The third kappa shape index (κ3) is 1.64. The van der Waals surface area contributed by atoms with E-state index in [9.17, 15) is 0 Å². The average Bonchev–Trinajstić information content (AvgIpc) is 3.10. The van der Waals surface area contributed by atoms with Gasteiger partial charge in [0.25, 0.3) is 0 Å². The number of hydrogen-bond donors (Lipinski definition) is 0. The van der Waals surface area contributed by atoms with Crippen molar-refractivity contribution in [1.29, 1.82) is 0 Å². The van der Waals surface area contributed by atoms with Crippen molar-refractivity contribution in [3.8, 4) is 0 Å². The van der Waals surface area contributed by atoms with Crippen molar-refractivity contribution >= 4 is 0 Å². The maximum atomic E-state index is 6.94. The van der Waals surface area contributed by atoms with E-state index >= 15 is 0 Å². The van der Waals surface area contributed by atoms with Crippen LogP contribution < -0.4 is 0 Å². The van der Waals surface area contributed by atoms with Crippen LogP contribution >= 0.6 is 0 Å². The van der Waals surface area contributed by atoms with Gasteiger partial charge in [0.15, 0.2) is 6.29 Å². The summed E-state index contributed by atoms with van der Waals surface area (Å²) in [5.41, 5.74) is 0.464. The first-order valence-corrected chi connectivity index (χ1v) is 10.1. The zero-order valence-electron chi connectivity index (χ0n) is 13.8. The lowest BCUT2D eigenvalue weighted by Crippen LogP contribution is -2.62. The Morgan fingerprint density at radius 1 is 0.727 bits per heavy atom. The van der Waals surface area contributed by atoms with Gasteiger partial charge in [-0.3, -0.25) is 0 Å². The predicted molar refractivity (Wildman–Crippen MR) is 84.3 cm³/mol. The summed E-state index contributed by atoms with van der Waals surface area (Å²) in [6, 6.07) is 0. The van der Waals surface area contributed by atoms with E-state index in [1.165, 1.54) is 77.0 Å². The maximum absolute atomic E-state index is 6.94. The monoisotopic (exact) mass is 302 g/mol. The zero-order chi connectivity index (χ0) is 14.4. The molecular weight excluding hydrogens is 272 g/mol. The highest BCUT2D eigenvalue weighted by molar-refractivity contribution is 5.10. The van der Waals surface area contributed by atoms with Gasteiger partial charge in [-0.05, 0) is 87.9 Å². The largest absolute Gasteiger partial charge is 0.346 e. The summed E-state index contributed by atoms with van der Waals surface area (Å²) in [5, 5.41) is 0. The van der Waals surface area contributed by atoms with Gasteiger partial charge >= 0.3 is 0 Å². The zero-order valence-corrected chi connectivity index (χ0v) is 13.8. The molecule has 2 saturated heterocycles. The first kappa shape index (κ1) is 13.2. The minimum absolute atomic E-state index is 0.157. The maximum Gasteiger partial charge on any atom is 0.161 e. The van der Waals surface area contributed by atoms with Crippen molar-refractivity contribution in [3.05, 3.63) is 0 Å². The Morgan fingerprint density at radius 3 is 2.09 bits per heavy atom. The molecule has 0 amide bonds. The lowest BCUT2D eigenvalue weighted by molar-refractivity contribution is -0.312. The standard InChI is InChI=1S/C20H30O2/c1-2-5-19(4-1)12-15-3-6-20(22-18(15)21-19)16-8-13-7-14(10-16)11-17(20)9-13/h13-18H,1-12H2/t13?,14?,15-,16?,17?,18-,20?/m1/s1. The Morgan fingerprint density at radius 2 is 1.41 bits per heavy atom. The van der Waals surface area contributed by atoms with E-state index in [1.807, 2.05) is 0 Å². The van der Waals surface area contributed by atoms with Crippen LogP contribution in [0.3, 0.4) is 0 Å². The molecule has 2 aliphatic heterocycles. The second kappa shape index (κ2) is 4.30. The number of ether oxygens (including phenoxy) is 2. The predicted octanol–water partition coefficient (Wildman–Crippen LogP) is 4.67. The van der Waals surface area contributed by atoms with Crippen LogP contribution in [0.4, 0.5) is 0 Å². The van der Waals surface area contributed by atoms with E-state index in [2.05, 4.69) is 0 Å². The normalized spacial score (nSPS) is 57.8. The molecule has 0 aromatic heterocycles. The molecule has 0 aromatic rings. The fraction of sp³-hybridized carbons (Fsp3) is 1.00. The van der Waals surface area contributed by atoms with Gasteiger partial charge in [-0.1, -0.05) is 12.8 Å².